The first kappa shape index (κ1) is 77.9. The van der Waals surface area contributed by atoms with Gasteiger partial charge in [0.15, 0.2) is 51.5 Å². The summed E-state index contributed by atoms with van der Waals surface area (Å²) in [6, 6.07) is 15.5. The van der Waals surface area contributed by atoms with Gasteiger partial charge in [0.2, 0.25) is 11.8 Å². The lowest BCUT2D eigenvalue weighted by molar-refractivity contribution is -0.199. The first-order valence-corrected chi connectivity index (χ1v) is 39.4. The average Bonchev–Trinajstić information content (AvgIpc) is 1.59. The number of hydrogen-bond acceptors (Lipinski definition) is 22. The van der Waals surface area contributed by atoms with E-state index in [2.05, 4.69) is 78.1 Å². The number of likely N-dealkylation sites (tertiary alicyclic amines) is 3. The first-order chi connectivity index (χ1) is 55.9. The number of carbonyl (C=O) groups excluding carboxylic acids is 6. The zero-order chi connectivity index (χ0) is 81.1. The maximum atomic E-state index is 13.4. The highest BCUT2D eigenvalue weighted by molar-refractivity contribution is 5.96. The maximum Gasteiger partial charge on any atom is 0.403 e. The van der Waals surface area contributed by atoms with Gasteiger partial charge in [-0.3, -0.25) is 43.2 Å². The molecule has 2 atom stereocenters. The predicted octanol–water partition coefficient (Wildman–Crippen LogP) is 7.37. The van der Waals surface area contributed by atoms with Gasteiger partial charge in [-0.05, 0) is 139 Å². The van der Waals surface area contributed by atoms with Crippen molar-refractivity contribution in [2.75, 3.05) is 98.9 Å². The SMILES string of the molecule is CNc1cc(Nc2cccn(C3CCN(C(=O)C4(C(F)(F)F)CC4)CC3)c2=O)nn2c(C(=O)NC3CC3)cnc12.CNc1cc(Nc2cccn(C3CCN(C(=O)C4CC4(F)F)CC3)c2=O)nn2c(C(=O)NC3CC3)cnc12.CNc1cc(Nc2cccn(C3CCN(C(=O)C4CCCO4)CC3)c2=O)nn2c(C(=O)NC3CC3)cnc12. The van der Waals surface area contributed by atoms with E-state index in [9.17, 15) is 65.1 Å². The van der Waals surface area contributed by atoms with Crippen molar-refractivity contribution >= 4 is 104 Å². The topological polar surface area (TPSA) is 386 Å². The molecule has 13 heterocycles. The Morgan fingerprint density at radius 1 is 0.466 bits per heavy atom. The van der Waals surface area contributed by atoms with Gasteiger partial charge in [0.1, 0.15) is 34.5 Å². The molecule has 4 saturated heterocycles. The Hall–Kier alpha value is -12.1. The lowest BCUT2D eigenvalue weighted by atomic mass is 9.99. The number of piperidine rings is 3. The van der Waals surface area contributed by atoms with Gasteiger partial charge in [0.05, 0.1) is 35.7 Å². The summed E-state index contributed by atoms with van der Waals surface area (Å²) in [4.78, 5) is 134. The van der Waals surface area contributed by atoms with Crippen LogP contribution in [0.25, 0.3) is 16.9 Å². The Morgan fingerprint density at radius 2 is 0.802 bits per heavy atom. The highest BCUT2D eigenvalue weighted by Gasteiger charge is 2.69. The Kier molecular flexibility index (Phi) is 21.2. The number of amides is 6. The monoisotopic (exact) mass is 1600 g/mol. The van der Waals surface area contributed by atoms with E-state index in [1.807, 2.05) is 11.0 Å². The molecule has 9 N–H and O–H groups in total. The molecular formula is C77H89F5N24O10. The van der Waals surface area contributed by atoms with Crippen molar-refractivity contribution in [1.29, 1.82) is 0 Å². The summed E-state index contributed by atoms with van der Waals surface area (Å²) >= 11 is 0. The summed E-state index contributed by atoms with van der Waals surface area (Å²) < 4.78 is 81.7. The van der Waals surface area contributed by atoms with Crippen molar-refractivity contribution in [3.8, 4) is 0 Å². The van der Waals surface area contributed by atoms with Crippen molar-refractivity contribution in [2.24, 2.45) is 11.3 Å². The molecule has 5 saturated carbocycles. The highest BCUT2D eigenvalue weighted by Crippen LogP contribution is 2.59. The molecule has 2 unspecified atom stereocenters. The fourth-order valence-corrected chi connectivity index (χ4v) is 15.5. The third kappa shape index (κ3) is 16.1. The van der Waals surface area contributed by atoms with Crippen LogP contribution in [0.3, 0.4) is 0 Å². The molecule has 116 heavy (non-hydrogen) atoms. The fourth-order valence-electron chi connectivity index (χ4n) is 15.5. The number of pyridine rings is 3. The van der Waals surface area contributed by atoms with E-state index in [0.29, 0.717) is 146 Å². The summed E-state index contributed by atoms with van der Waals surface area (Å²) in [5.74, 6) is -5.06. The zero-order valence-corrected chi connectivity index (χ0v) is 63.9. The second-order valence-corrected chi connectivity index (χ2v) is 31.0. The van der Waals surface area contributed by atoms with Gasteiger partial charge in [0.25, 0.3) is 46.2 Å². The van der Waals surface area contributed by atoms with Crippen molar-refractivity contribution in [2.45, 2.75) is 164 Å². The van der Waals surface area contributed by atoms with Crippen LogP contribution in [0.2, 0.25) is 0 Å². The molecule has 34 nitrogen and oxygen atoms in total. The zero-order valence-electron chi connectivity index (χ0n) is 63.9. The molecule has 9 fully saturated rings. The van der Waals surface area contributed by atoms with E-state index < -0.39 is 35.2 Å². The predicted molar refractivity (Wildman–Crippen MR) is 415 cm³/mol. The van der Waals surface area contributed by atoms with E-state index in [4.69, 9.17) is 4.74 Å². The smallest absolute Gasteiger partial charge is 0.385 e. The Labute approximate surface area is 658 Å². The lowest BCUT2D eigenvalue weighted by Crippen LogP contribution is -2.48. The number of hydrogen-bond donors (Lipinski definition) is 9. The molecule has 0 spiro atoms. The molecule has 612 valence electrons. The van der Waals surface area contributed by atoms with Gasteiger partial charge in [-0.15, -0.1) is 15.3 Å². The maximum absolute atomic E-state index is 13.4. The van der Waals surface area contributed by atoms with Crippen LogP contribution in [0.15, 0.2) is 106 Å². The normalized spacial score (nSPS) is 19.9. The summed E-state index contributed by atoms with van der Waals surface area (Å²) in [5.41, 5.74) is 2.19. The summed E-state index contributed by atoms with van der Waals surface area (Å²) in [6.45, 7) is 2.82. The first-order valence-electron chi connectivity index (χ1n) is 39.4. The summed E-state index contributed by atoms with van der Waals surface area (Å²) in [7, 11) is 5.21. The van der Waals surface area contributed by atoms with Crippen LogP contribution in [0.1, 0.15) is 159 Å². The number of carbonyl (C=O) groups is 6. The average molecular weight is 1610 g/mol. The van der Waals surface area contributed by atoms with Gasteiger partial charge in [-0.1, -0.05) is 0 Å². The minimum Gasteiger partial charge on any atom is -0.385 e. The van der Waals surface area contributed by atoms with Gasteiger partial charge >= 0.3 is 6.18 Å². The fraction of sp³-hybridized carbons (Fsp3) is 0.494. The van der Waals surface area contributed by atoms with Gasteiger partial charge in [-0.25, -0.2) is 37.3 Å². The third-order valence-electron chi connectivity index (χ3n) is 22.9. The largest absolute Gasteiger partial charge is 0.403 e. The van der Waals surface area contributed by atoms with Crippen molar-refractivity contribution in [3.05, 3.63) is 140 Å². The molecule has 0 bridgehead atoms. The molecule has 0 radical (unpaired) electrons. The molecular weight excluding hydrogens is 1520 g/mol. The van der Waals surface area contributed by atoms with E-state index >= 15 is 0 Å². The highest BCUT2D eigenvalue weighted by atomic mass is 19.4. The van der Waals surface area contributed by atoms with Crippen LogP contribution in [-0.4, -0.2) is 211 Å². The second-order valence-electron chi connectivity index (χ2n) is 31.0. The molecule has 9 aromatic rings. The van der Waals surface area contributed by atoms with Crippen molar-refractivity contribution in [1.82, 2.24) is 88.1 Å². The van der Waals surface area contributed by atoms with Crippen molar-refractivity contribution in [3.63, 3.8) is 0 Å². The van der Waals surface area contributed by atoms with Gasteiger partial charge in [0, 0.05) is 146 Å². The number of fused-ring (bicyclic) bond motifs is 3. The molecule has 6 amide bonds. The standard InChI is InChI=1S/C26H29F3N8O3.C26H32N8O4.C25H28F2N8O3/c1-30-18-13-20(34-37-19(14-31-21(18)37)22(38)32-15-4-5-15)33-17-3-2-10-36(23(17)39)16-6-11-35(12-7-16)24(40)25(8-9-25)26(27,28)29;1-27-19-14-22(31-34-20(15-28-23(19)34)24(35)29-16-6-7-16)30-18-4-2-10-33(25(18)36)17-8-11-32(12-9-17)26(37)21-5-3-13-38-21;1-28-18-11-20(32-35-19(13-29-21(18)35)22(36)30-14-4-5-14)31-17-3-2-8-34(24(17)38)15-6-9-33(10-7-15)23(37)16-12-25(16,26)27/h2-3,10,13-16,30H,4-9,11-12H2,1H3,(H,32,38)(H,33,34);2,4,10,14-17,21,27H,3,5-9,11-13H2,1H3,(H,29,35)(H,30,31);2-3,8,11,13-16,28H,4-7,9-10,12H2,1H3,(H,30,36)(H,31,32). The number of halogens is 5. The van der Waals surface area contributed by atoms with E-state index in [1.54, 1.807) is 102 Å². The number of rotatable bonds is 21. The molecule has 39 heteroatoms. The Morgan fingerprint density at radius 3 is 1.09 bits per heavy atom. The lowest BCUT2D eigenvalue weighted by Gasteiger charge is -2.35. The van der Waals surface area contributed by atoms with E-state index in [1.165, 1.54) is 41.9 Å². The quantitative estimate of drug-likeness (QED) is 0.0317. The van der Waals surface area contributed by atoms with Crippen molar-refractivity contribution < 1.29 is 55.5 Å². The molecule has 9 aliphatic rings. The van der Waals surface area contributed by atoms with Crippen LogP contribution in [0.5, 0.6) is 0 Å². The minimum atomic E-state index is -4.54. The Balaban J connectivity index is 0.000000131. The van der Waals surface area contributed by atoms with E-state index in [-0.39, 0.29) is 126 Å². The number of ether oxygens (including phenoxy) is 1. The molecule has 4 aliphatic heterocycles. The van der Waals surface area contributed by atoms with Crippen LogP contribution in [0.4, 0.5) is 73.5 Å². The molecule has 5 aliphatic carbocycles. The van der Waals surface area contributed by atoms with Gasteiger partial charge in [-0.2, -0.15) is 13.2 Å². The number of nitrogens with one attached hydrogen (secondary N) is 9. The summed E-state index contributed by atoms with van der Waals surface area (Å²) in [6.07, 6.45) is 14.6. The number of alkyl halides is 5. The van der Waals surface area contributed by atoms with Crippen LogP contribution < -0.4 is 64.5 Å². The van der Waals surface area contributed by atoms with E-state index in [0.717, 1.165) is 51.4 Å². The number of nitrogens with zero attached hydrogens (tertiary/aromatic N) is 15. The second kappa shape index (κ2) is 31.6. The van der Waals surface area contributed by atoms with Crippen LogP contribution in [-0.2, 0) is 19.1 Å². The molecule has 0 aromatic carbocycles. The number of imidazole rings is 3. The summed E-state index contributed by atoms with van der Waals surface area (Å²) in [5, 5.41) is 40.9. The van der Waals surface area contributed by atoms with Gasteiger partial charge < -0.3 is 81.0 Å². The molecule has 9 aromatic heterocycles. The third-order valence-corrected chi connectivity index (χ3v) is 22.9. The number of anilines is 9. The Bertz CT molecular complexity index is 5270. The van der Waals surface area contributed by atoms with Crippen LogP contribution >= 0.6 is 0 Å². The molecule has 18 rings (SSSR count). The minimum absolute atomic E-state index is 0.00697. The number of aromatic nitrogens is 12. The van der Waals surface area contributed by atoms with Crippen LogP contribution in [0, 0.1) is 11.3 Å².